The Kier molecular flexibility index (Phi) is 4.28. The first-order valence-corrected chi connectivity index (χ1v) is 8.58. The zero-order valence-electron chi connectivity index (χ0n) is 13.8. The van der Waals surface area contributed by atoms with Gasteiger partial charge in [0.15, 0.2) is 5.82 Å². The lowest BCUT2D eigenvalue weighted by Crippen LogP contribution is -2.32. The van der Waals surface area contributed by atoms with Gasteiger partial charge in [-0.25, -0.2) is 4.98 Å². The standard InChI is InChI=1S/C18H20N6O/c25-18(13-7-4-8-15-14(13)11-20-22-15)19-10-9-16-21-17(24-23-16)12-5-2-1-3-6-12/h1-3,5-6,11,13H,4,7-10H2,(H,19,25)(H,20,22)(H,21,23,24). The molecule has 1 amide bonds. The van der Waals surface area contributed by atoms with Gasteiger partial charge in [-0.2, -0.15) is 10.2 Å². The molecule has 2 aromatic heterocycles. The second-order valence-electron chi connectivity index (χ2n) is 6.26. The van der Waals surface area contributed by atoms with Crippen LogP contribution in [0.25, 0.3) is 11.4 Å². The highest BCUT2D eigenvalue weighted by Gasteiger charge is 2.27. The molecule has 0 bridgehead atoms. The van der Waals surface area contributed by atoms with E-state index in [1.54, 1.807) is 6.20 Å². The fourth-order valence-electron chi connectivity index (χ4n) is 3.28. The van der Waals surface area contributed by atoms with Gasteiger partial charge in [0, 0.05) is 29.8 Å². The molecule has 128 valence electrons. The number of fused-ring (bicyclic) bond motifs is 1. The Balaban J connectivity index is 1.33. The van der Waals surface area contributed by atoms with Crippen molar-refractivity contribution in [2.75, 3.05) is 6.54 Å². The number of aromatic nitrogens is 5. The van der Waals surface area contributed by atoms with Crippen LogP contribution < -0.4 is 5.32 Å². The molecule has 1 aliphatic carbocycles. The lowest BCUT2D eigenvalue weighted by Gasteiger charge is -2.20. The molecular weight excluding hydrogens is 316 g/mol. The molecule has 4 rings (SSSR count). The predicted octanol–water partition coefficient (Wildman–Crippen LogP) is 1.97. The molecule has 0 saturated carbocycles. The molecule has 0 fully saturated rings. The monoisotopic (exact) mass is 336 g/mol. The molecule has 25 heavy (non-hydrogen) atoms. The van der Waals surface area contributed by atoms with E-state index in [-0.39, 0.29) is 11.8 Å². The normalized spacial score (nSPS) is 16.4. The van der Waals surface area contributed by atoms with Gasteiger partial charge in [0.1, 0.15) is 5.82 Å². The molecule has 0 saturated heterocycles. The number of carbonyl (C=O) groups is 1. The summed E-state index contributed by atoms with van der Waals surface area (Å²) >= 11 is 0. The molecule has 0 spiro atoms. The lowest BCUT2D eigenvalue weighted by atomic mass is 9.86. The van der Waals surface area contributed by atoms with E-state index in [0.29, 0.717) is 18.8 Å². The third kappa shape index (κ3) is 3.31. The van der Waals surface area contributed by atoms with Gasteiger partial charge in [-0.15, -0.1) is 0 Å². The summed E-state index contributed by atoms with van der Waals surface area (Å²) in [5.41, 5.74) is 3.10. The van der Waals surface area contributed by atoms with Gasteiger partial charge in [-0.05, 0) is 19.3 Å². The van der Waals surface area contributed by atoms with E-state index >= 15 is 0 Å². The Morgan fingerprint density at radius 2 is 2.12 bits per heavy atom. The van der Waals surface area contributed by atoms with Crippen LogP contribution in [0.3, 0.4) is 0 Å². The van der Waals surface area contributed by atoms with Gasteiger partial charge in [0.2, 0.25) is 5.91 Å². The molecular formula is C18H20N6O. The summed E-state index contributed by atoms with van der Waals surface area (Å²) in [6, 6.07) is 9.82. The first-order valence-electron chi connectivity index (χ1n) is 8.58. The van der Waals surface area contributed by atoms with E-state index in [1.807, 2.05) is 30.3 Å². The molecule has 1 unspecified atom stereocenters. The summed E-state index contributed by atoms with van der Waals surface area (Å²) < 4.78 is 0. The van der Waals surface area contributed by atoms with Gasteiger partial charge >= 0.3 is 0 Å². The number of nitrogens with one attached hydrogen (secondary N) is 3. The van der Waals surface area contributed by atoms with E-state index in [1.165, 1.54) is 0 Å². The average molecular weight is 336 g/mol. The van der Waals surface area contributed by atoms with Crippen LogP contribution in [-0.2, 0) is 17.6 Å². The summed E-state index contributed by atoms with van der Waals surface area (Å²) in [5, 5.41) is 17.2. The molecule has 1 aliphatic rings. The smallest absolute Gasteiger partial charge is 0.227 e. The maximum Gasteiger partial charge on any atom is 0.227 e. The van der Waals surface area contributed by atoms with Crippen LogP contribution in [0, 0.1) is 0 Å². The topological polar surface area (TPSA) is 99.4 Å². The summed E-state index contributed by atoms with van der Waals surface area (Å²) in [5.74, 6) is 1.41. The van der Waals surface area contributed by atoms with Gasteiger partial charge in [0.25, 0.3) is 0 Å². The minimum Gasteiger partial charge on any atom is -0.355 e. The van der Waals surface area contributed by atoms with E-state index in [2.05, 4.69) is 30.7 Å². The summed E-state index contributed by atoms with van der Waals surface area (Å²) in [6.07, 6.45) is 5.26. The Morgan fingerprint density at radius 1 is 1.24 bits per heavy atom. The number of aromatic amines is 2. The van der Waals surface area contributed by atoms with Gasteiger partial charge < -0.3 is 5.32 Å². The number of carbonyl (C=O) groups excluding carboxylic acids is 1. The van der Waals surface area contributed by atoms with Crippen LogP contribution in [0.15, 0.2) is 36.5 Å². The van der Waals surface area contributed by atoms with Crippen LogP contribution in [0.1, 0.15) is 35.8 Å². The summed E-state index contributed by atoms with van der Waals surface area (Å²) in [6.45, 7) is 0.534. The molecule has 7 nitrogen and oxygen atoms in total. The quantitative estimate of drug-likeness (QED) is 0.663. The second kappa shape index (κ2) is 6.88. The lowest BCUT2D eigenvalue weighted by molar-refractivity contribution is -0.122. The zero-order valence-corrected chi connectivity index (χ0v) is 13.8. The van der Waals surface area contributed by atoms with E-state index in [0.717, 1.165) is 41.9 Å². The average Bonchev–Trinajstić information content (AvgIpc) is 3.31. The molecule has 7 heteroatoms. The highest BCUT2D eigenvalue weighted by Crippen LogP contribution is 2.30. The van der Waals surface area contributed by atoms with E-state index in [4.69, 9.17) is 0 Å². The Labute approximate surface area is 145 Å². The minimum atomic E-state index is -0.0999. The van der Waals surface area contributed by atoms with Crippen molar-refractivity contribution in [1.82, 2.24) is 30.7 Å². The minimum absolute atomic E-state index is 0.0603. The Bertz CT molecular complexity index is 853. The van der Waals surface area contributed by atoms with Crippen molar-refractivity contribution in [3.63, 3.8) is 0 Å². The maximum absolute atomic E-state index is 12.5. The Morgan fingerprint density at radius 3 is 3.00 bits per heavy atom. The van der Waals surface area contributed by atoms with E-state index in [9.17, 15) is 4.79 Å². The van der Waals surface area contributed by atoms with Crippen molar-refractivity contribution in [3.8, 4) is 11.4 Å². The van der Waals surface area contributed by atoms with Crippen LogP contribution >= 0.6 is 0 Å². The van der Waals surface area contributed by atoms with Crippen LogP contribution in [0.2, 0.25) is 0 Å². The third-order valence-electron chi connectivity index (χ3n) is 4.59. The third-order valence-corrected chi connectivity index (χ3v) is 4.59. The molecule has 0 radical (unpaired) electrons. The number of benzene rings is 1. The molecule has 3 N–H and O–H groups in total. The number of nitrogens with zero attached hydrogens (tertiary/aromatic N) is 3. The van der Waals surface area contributed by atoms with Crippen molar-refractivity contribution in [2.45, 2.75) is 31.6 Å². The fraction of sp³-hybridized carbons (Fsp3) is 0.333. The van der Waals surface area contributed by atoms with E-state index < -0.39 is 0 Å². The number of hydrogen-bond donors (Lipinski definition) is 3. The Hall–Kier alpha value is -2.96. The summed E-state index contributed by atoms with van der Waals surface area (Å²) in [7, 11) is 0. The van der Waals surface area contributed by atoms with Crippen molar-refractivity contribution >= 4 is 5.91 Å². The van der Waals surface area contributed by atoms with Crippen molar-refractivity contribution in [3.05, 3.63) is 53.6 Å². The number of hydrogen-bond acceptors (Lipinski definition) is 4. The van der Waals surface area contributed by atoms with Crippen molar-refractivity contribution in [2.24, 2.45) is 0 Å². The molecule has 1 atom stereocenters. The first-order chi connectivity index (χ1) is 12.3. The number of amides is 1. The number of H-pyrrole nitrogens is 2. The fourth-order valence-corrected chi connectivity index (χ4v) is 3.28. The highest BCUT2D eigenvalue weighted by atomic mass is 16.1. The largest absolute Gasteiger partial charge is 0.355 e. The maximum atomic E-state index is 12.5. The van der Waals surface area contributed by atoms with Crippen LogP contribution in [0.5, 0.6) is 0 Å². The molecule has 1 aromatic carbocycles. The first kappa shape index (κ1) is 15.6. The molecule has 3 aromatic rings. The zero-order chi connectivity index (χ0) is 17.1. The molecule has 0 aliphatic heterocycles. The van der Waals surface area contributed by atoms with Crippen LogP contribution in [-0.4, -0.2) is 37.8 Å². The predicted molar refractivity (Wildman–Crippen MR) is 92.8 cm³/mol. The summed E-state index contributed by atoms with van der Waals surface area (Å²) in [4.78, 5) is 17.0. The SMILES string of the molecule is O=C(NCCc1nc(-c2ccccc2)n[nH]1)C1CCCc2[nH]ncc21. The molecule has 2 heterocycles. The highest BCUT2D eigenvalue weighted by molar-refractivity contribution is 5.84. The number of aryl methyl sites for hydroxylation is 1. The van der Waals surface area contributed by atoms with Gasteiger partial charge in [-0.1, -0.05) is 30.3 Å². The second-order valence-corrected chi connectivity index (χ2v) is 6.26. The van der Waals surface area contributed by atoms with Gasteiger partial charge in [0.05, 0.1) is 12.1 Å². The van der Waals surface area contributed by atoms with Gasteiger partial charge in [-0.3, -0.25) is 15.0 Å². The van der Waals surface area contributed by atoms with Crippen molar-refractivity contribution in [1.29, 1.82) is 0 Å². The van der Waals surface area contributed by atoms with Crippen molar-refractivity contribution < 1.29 is 4.79 Å². The number of rotatable bonds is 5. The van der Waals surface area contributed by atoms with Crippen LogP contribution in [0.4, 0.5) is 0 Å².